The molecular formula is C15H15F3N2O2S2. The van der Waals surface area contributed by atoms with E-state index in [-0.39, 0.29) is 11.1 Å². The van der Waals surface area contributed by atoms with Gasteiger partial charge < -0.3 is 0 Å². The van der Waals surface area contributed by atoms with Gasteiger partial charge in [-0.15, -0.1) is 11.3 Å². The molecule has 1 aliphatic heterocycles. The maximum atomic E-state index is 12.8. The molecule has 130 valence electrons. The lowest BCUT2D eigenvalue weighted by atomic mass is 10.0. The van der Waals surface area contributed by atoms with E-state index in [1.807, 2.05) is 18.4 Å². The van der Waals surface area contributed by atoms with E-state index < -0.39 is 21.8 Å². The standard InChI is InChI=1S/C15H15F3N2O2S2/c1-2-12-11-6-8-23-13(11)5-7-20(12)24(21,22)14-4-3-10(9-19-14)15(16,17)18/h3-4,6,8-9,12H,2,5,7H2,1H3/t12-/m0/s1. The zero-order valence-electron chi connectivity index (χ0n) is 12.7. The number of fused-ring (bicyclic) bond motifs is 1. The van der Waals surface area contributed by atoms with E-state index in [1.165, 1.54) is 4.31 Å². The van der Waals surface area contributed by atoms with Crippen molar-refractivity contribution in [3.8, 4) is 0 Å². The Labute approximate surface area is 142 Å². The minimum Gasteiger partial charge on any atom is -0.243 e. The molecule has 0 amide bonds. The minimum absolute atomic E-state index is 0.303. The van der Waals surface area contributed by atoms with Crippen molar-refractivity contribution >= 4 is 21.4 Å². The summed E-state index contributed by atoms with van der Waals surface area (Å²) in [6.07, 6.45) is -2.79. The minimum atomic E-state index is -4.54. The fourth-order valence-electron chi connectivity index (χ4n) is 2.91. The lowest BCUT2D eigenvalue weighted by Gasteiger charge is -2.34. The summed E-state index contributed by atoms with van der Waals surface area (Å²) in [5, 5.41) is 1.58. The fraction of sp³-hybridized carbons (Fsp3) is 0.400. The third-order valence-corrected chi connectivity index (χ3v) is 6.89. The van der Waals surface area contributed by atoms with E-state index in [9.17, 15) is 21.6 Å². The highest BCUT2D eigenvalue weighted by Gasteiger charge is 2.37. The van der Waals surface area contributed by atoms with Crippen LogP contribution in [0.1, 0.15) is 35.4 Å². The summed E-state index contributed by atoms with van der Waals surface area (Å²) < 4.78 is 64.9. The molecular weight excluding hydrogens is 361 g/mol. The molecule has 1 atom stereocenters. The van der Waals surface area contributed by atoms with Crippen LogP contribution in [-0.4, -0.2) is 24.3 Å². The van der Waals surface area contributed by atoms with Crippen molar-refractivity contribution in [3.63, 3.8) is 0 Å². The summed E-state index contributed by atoms with van der Waals surface area (Å²) in [7, 11) is -3.95. The summed E-state index contributed by atoms with van der Waals surface area (Å²) in [6, 6.07) is 3.28. The molecule has 0 spiro atoms. The van der Waals surface area contributed by atoms with Crippen LogP contribution >= 0.6 is 11.3 Å². The molecule has 0 N–H and O–H groups in total. The Bertz CT molecular complexity index is 829. The first-order valence-electron chi connectivity index (χ1n) is 7.36. The van der Waals surface area contributed by atoms with Gasteiger partial charge in [0.25, 0.3) is 10.0 Å². The Morgan fingerprint density at radius 2 is 2.08 bits per heavy atom. The van der Waals surface area contributed by atoms with Crippen molar-refractivity contribution in [3.05, 3.63) is 45.8 Å². The zero-order valence-corrected chi connectivity index (χ0v) is 14.4. The van der Waals surface area contributed by atoms with Crippen molar-refractivity contribution in [1.29, 1.82) is 0 Å². The number of nitrogens with zero attached hydrogens (tertiary/aromatic N) is 2. The van der Waals surface area contributed by atoms with Crippen LogP contribution < -0.4 is 0 Å². The van der Waals surface area contributed by atoms with Crippen LogP contribution in [0.5, 0.6) is 0 Å². The Morgan fingerprint density at radius 3 is 2.67 bits per heavy atom. The van der Waals surface area contributed by atoms with Gasteiger partial charge in [0.15, 0.2) is 5.03 Å². The average Bonchev–Trinajstić information content (AvgIpc) is 3.01. The number of pyridine rings is 1. The van der Waals surface area contributed by atoms with Crippen LogP contribution in [0.15, 0.2) is 34.8 Å². The third kappa shape index (κ3) is 2.96. The topological polar surface area (TPSA) is 50.3 Å². The van der Waals surface area contributed by atoms with Crippen LogP contribution in [0.25, 0.3) is 0 Å². The quantitative estimate of drug-likeness (QED) is 0.817. The zero-order chi connectivity index (χ0) is 17.5. The number of thiophene rings is 1. The molecule has 1 aliphatic rings. The highest BCUT2D eigenvalue weighted by molar-refractivity contribution is 7.89. The van der Waals surface area contributed by atoms with Gasteiger partial charge in [0, 0.05) is 17.6 Å². The van der Waals surface area contributed by atoms with Crippen molar-refractivity contribution in [2.75, 3.05) is 6.54 Å². The van der Waals surface area contributed by atoms with Crippen LogP contribution in [0.3, 0.4) is 0 Å². The maximum Gasteiger partial charge on any atom is 0.417 e. The first kappa shape index (κ1) is 17.4. The van der Waals surface area contributed by atoms with Crippen LogP contribution in [0.4, 0.5) is 13.2 Å². The van der Waals surface area contributed by atoms with Gasteiger partial charge >= 0.3 is 6.18 Å². The van der Waals surface area contributed by atoms with E-state index in [1.54, 1.807) is 11.3 Å². The van der Waals surface area contributed by atoms with E-state index in [2.05, 4.69) is 4.98 Å². The van der Waals surface area contributed by atoms with Gasteiger partial charge in [0.2, 0.25) is 0 Å². The Hall–Kier alpha value is -1.45. The summed E-state index contributed by atoms with van der Waals surface area (Å²) in [5.41, 5.74) is 0.0106. The SMILES string of the molecule is CC[C@H]1c2ccsc2CCN1S(=O)(=O)c1ccc(C(F)(F)F)cn1. The highest BCUT2D eigenvalue weighted by Crippen LogP contribution is 2.38. The smallest absolute Gasteiger partial charge is 0.243 e. The Balaban J connectivity index is 1.96. The summed E-state index contributed by atoms with van der Waals surface area (Å²) in [5.74, 6) is 0. The van der Waals surface area contributed by atoms with Crippen molar-refractivity contribution < 1.29 is 21.6 Å². The molecule has 3 heterocycles. The number of sulfonamides is 1. The van der Waals surface area contributed by atoms with Gasteiger partial charge in [-0.3, -0.25) is 0 Å². The lowest BCUT2D eigenvalue weighted by Crippen LogP contribution is -2.39. The van der Waals surface area contributed by atoms with Gasteiger partial charge in [0.1, 0.15) is 0 Å². The number of aromatic nitrogens is 1. The van der Waals surface area contributed by atoms with Crippen LogP contribution in [0.2, 0.25) is 0 Å². The molecule has 24 heavy (non-hydrogen) atoms. The molecule has 0 radical (unpaired) electrons. The number of alkyl halides is 3. The normalized spacial score (nSPS) is 19.2. The first-order chi connectivity index (χ1) is 11.2. The molecule has 0 unspecified atom stereocenters. The van der Waals surface area contributed by atoms with Crippen molar-refractivity contribution in [1.82, 2.24) is 9.29 Å². The highest BCUT2D eigenvalue weighted by atomic mass is 32.2. The molecule has 0 aromatic carbocycles. The largest absolute Gasteiger partial charge is 0.417 e. The Kier molecular flexibility index (Phi) is 4.43. The van der Waals surface area contributed by atoms with E-state index in [4.69, 9.17) is 0 Å². The van der Waals surface area contributed by atoms with Crippen LogP contribution in [-0.2, 0) is 22.6 Å². The monoisotopic (exact) mass is 376 g/mol. The number of rotatable bonds is 3. The van der Waals surface area contributed by atoms with Gasteiger partial charge in [-0.2, -0.15) is 17.5 Å². The molecule has 0 aliphatic carbocycles. The summed E-state index contributed by atoms with van der Waals surface area (Å²) in [6.45, 7) is 2.19. The second-order valence-electron chi connectivity index (χ2n) is 5.47. The van der Waals surface area contributed by atoms with Gasteiger partial charge in [-0.25, -0.2) is 13.4 Å². The van der Waals surface area contributed by atoms with E-state index in [0.717, 1.165) is 22.6 Å². The molecule has 9 heteroatoms. The van der Waals surface area contributed by atoms with Gasteiger partial charge in [-0.05, 0) is 42.0 Å². The van der Waals surface area contributed by atoms with Crippen molar-refractivity contribution in [2.45, 2.75) is 37.0 Å². The van der Waals surface area contributed by atoms with Gasteiger partial charge in [-0.1, -0.05) is 6.92 Å². The lowest BCUT2D eigenvalue weighted by molar-refractivity contribution is -0.137. The van der Waals surface area contributed by atoms with Crippen molar-refractivity contribution in [2.24, 2.45) is 0 Å². The number of halogens is 3. The number of hydrogen-bond acceptors (Lipinski definition) is 4. The van der Waals surface area contributed by atoms with Crippen LogP contribution in [0, 0.1) is 0 Å². The van der Waals surface area contributed by atoms with E-state index >= 15 is 0 Å². The summed E-state index contributed by atoms with van der Waals surface area (Å²) >= 11 is 1.60. The first-order valence-corrected chi connectivity index (χ1v) is 9.68. The average molecular weight is 376 g/mol. The fourth-order valence-corrected chi connectivity index (χ4v) is 5.43. The molecule has 4 nitrogen and oxygen atoms in total. The molecule has 0 fully saturated rings. The second-order valence-corrected chi connectivity index (χ2v) is 8.31. The number of hydrogen-bond donors (Lipinski definition) is 0. The molecule has 0 saturated heterocycles. The molecule has 2 aromatic heterocycles. The predicted molar refractivity (Wildman–Crippen MR) is 84.2 cm³/mol. The molecule has 3 rings (SSSR count). The van der Waals surface area contributed by atoms with Gasteiger partial charge in [0.05, 0.1) is 11.6 Å². The molecule has 2 aromatic rings. The predicted octanol–water partition coefficient (Wildman–Crippen LogP) is 3.86. The maximum absolute atomic E-state index is 12.8. The second kappa shape index (κ2) is 6.12. The molecule has 0 saturated carbocycles. The Morgan fingerprint density at radius 1 is 1.33 bits per heavy atom. The summed E-state index contributed by atoms with van der Waals surface area (Å²) in [4.78, 5) is 4.72. The van der Waals surface area contributed by atoms with E-state index in [0.29, 0.717) is 25.6 Å². The molecule has 0 bridgehead atoms. The third-order valence-electron chi connectivity index (χ3n) is 4.07.